The van der Waals surface area contributed by atoms with Crippen molar-refractivity contribution in [3.05, 3.63) is 58.7 Å². The Morgan fingerprint density at radius 3 is 2.31 bits per heavy atom. The number of primary amides is 1. The van der Waals surface area contributed by atoms with Crippen molar-refractivity contribution >= 4 is 17.7 Å². The molecule has 2 aromatic carbocycles. The Kier molecular flexibility index (Phi) is 6.60. The van der Waals surface area contributed by atoms with Gasteiger partial charge >= 0.3 is 0 Å². The van der Waals surface area contributed by atoms with E-state index in [-0.39, 0.29) is 23.6 Å². The molecule has 1 saturated heterocycles. The second kappa shape index (κ2) is 9.84. The summed E-state index contributed by atoms with van der Waals surface area (Å²) in [6.07, 6.45) is 1.80. The smallest absolute Gasteiger partial charge is 0.254 e. The summed E-state index contributed by atoms with van der Waals surface area (Å²) in [6, 6.07) is 11.0. The van der Waals surface area contributed by atoms with Crippen LogP contribution < -0.4 is 15.2 Å². The molecule has 0 aromatic heterocycles. The first-order chi connectivity index (χ1) is 17.4. The van der Waals surface area contributed by atoms with Crippen LogP contribution in [0.5, 0.6) is 11.5 Å². The van der Waals surface area contributed by atoms with Gasteiger partial charge in [0.1, 0.15) is 0 Å². The van der Waals surface area contributed by atoms with E-state index in [1.807, 2.05) is 60.0 Å². The third-order valence-electron chi connectivity index (χ3n) is 7.66. The zero-order chi connectivity index (χ0) is 25.4. The van der Waals surface area contributed by atoms with Crippen molar-refractivity contribution in [1.82, 2.24) is 9.80 Å². The van der Waals surface area contributed by atoms with E-state index in [0.29, 0.717) is 69.2 Å². The van der Waals surface area contributed by atoms with E-state index >= 15 is 0 Å². The molecule has 0 saturated carbocycles. The quantitative estimate of drug-likeness (QED) is 0.669. The van der Waals surface area contributed by atoms with Gasteiger partial charge in [0.05, 0.1) is 25.2 Å². The first kappa shape index (κ1) is 24.2. The first-order valence-electron chi connectivity index (χ1n) is 12.8. The number of hydrogen-bond acceptors (Lipinski definition) is 5. The van der Waals surface area contributed by atoms with Gasteiger partial charge in [-0.15, -0.1) is 0 Å². The summed E-state index contributed by atoms with van der Waals surface area (Å²) in [4.78, 5) is 43.1. The Bertz CT molecular complexity index is 1190. The Hall–Kier alpha value is -3.55. The van der Waals surface area contributed by atoms with E-state index < -0.39 is 12.0 Å². The highest BCUT2D eigenvalue weighted by Crippen LogP contribution is 2.49. The summed E-state index contributed by atoms with van der Waals surface area (Å²) >= 11 is 0. The van der Waals surface area contributed by atoms with Crippen molar-refractivity contribution in [2.75, 3.05) is 32.8 Å². The number of ether oxygens (including phenoxy) is 2. The summed E-state index contributed by atoms with van der Waals surface area (Å²) in [5, 5.41) is 0. The average Bonchev–Trinajstić information content (AvgIpc) is 2.89. The number of carbonyl (C=O) groups excluding carboxylic acids is 3. The van der Waals surface area contributed by atoms with E-state index in [9.17, 15) is 14.4 Å². The second-order valence-electron chi connectivity index (χ2n) is 9.62. The fourth-order valence-electron chi connectivity index (χ4n) is 5.92. The minimum Gasteiger partial charge on any atom is -0.490 e. The molecule has 0 spiro atoms. The lowest BCUT2D eigenvalue weighted by Crippen LogP contribution is -2.52. The maximum atomic E-state index is 14.2. The van der Waals surface area contributed by atoms with Crippen LogP contribution in [0.15, 0.2) is 36.4 Å². The monoisotopic (exact) mass is 491 g/mol. The van der Waals surface area contributed by atoms with Crippen molar-refractivity contribution < 1.29 is 23.9 Å². The van der Waals surface area contributed by atoms with Crippen molar-refractivity contribution in [3.63, 3.8) is 0 Å². The highest BCUT2D eigenvalue weighted by molar-refractivity contribution is 6.01. The molecule has 0 unspecified atom stereocenters. The minimum atomic E-state index is -0.546. The lowest BCUT2D eigenvalue weighted by Gasteiger charge is -2.47. The number of nitrogens with two attached hydrogens (primary N) is 1. The number of nitrogens with zero attached hydrogens (tertiary/aromatic N) is 2. The van der Waals surface area contributed by atoms with Gasteiger partial charge in [-0.1, -0.05) is 18.2 Å². The van der Waals surface area contributed by atoms with Gasteiger partial charge in [-0.3, -0.25) is 14.4 Å². The fraction of sp³-hybridized carbons (Fsp3) is 0.464. The molecule has 36 heavy (non-hydrogen) atoms. The van der Waals surface area contributed by atoms with Gasteiger partial charge < -0.3 is 25.0 Å². The summed E-state index contributed by atoms with van der Waals surface area (Å²) in [6.45, 7) is 6.33. The Labute approximate surface area is 211 Å². The number of fused-ring (bicyclic) bond motifs is 4. The van der Waals surface area contributed by atoms with Crippen LogP contribution in [0, 0.1) is 5.92 Å². The van der Waals surface area contributed by atoms with Crippen LogP contribution in [0.25, 0.3) is 0 Å². The zero-order valence-electron chi connectivity index (χ0n) is 20.9. The average molecular weight is 492 g/mol. The largest absolute Gasteiger partial charge is 0.490 e. The van der Waals surface area contributed by atoms with E-state index in [0.717, 1.165) is 16.7 Å². The van der Waals surface area contributed by atoms with Crippen LogP contribution in [0.4, 0.5) is 0 Å². The third-order valence-corrected chi connectivity index (χ3v) is 7.66. The molecule has 2 N–H and O–H groups in total. The van der Waals surface area contributed by atoms with Gasteiger partial charge in [-0.25, -0.2) is 0 Å². The van der Waals surface area contributed by atoms with Crippen molar-refractivity contribution in [1.29, 1.82) is 0 Å². The number of benzene rings is 2. The summed E-state index contributed by atoms with van der Waals surface area (Å²) in [5.74, 6) is 0.182. The van der Waals surface area contributed by atoms with Gasteiger partial charge in [0.15, 0.2) is 11.5 Å². The van der Waals surface area contributed by atoms with Crippen molar-refractivity contribution in [3.8, 4) is 11.5 Å². The van der Waals surface area contributed by atoms with Gasteiger partial charge in [0.25, 0.3) is 5.91 Å². The molecule has 5 rings (SSSR count). The van der Waals surface area contributed by atoms with Crippen LogP contribution in [0.1, 0.15) is 65.7 Å². The molecule has 8 nitrogen and oxygen atoms in total. The molecule has 0 radical (unpaired) electrons. The molecule has 0 aliphatic carbocycles. The Balaban J connectivity index is 1.59. The molecule has 2 atom stereocenters. The zero-order valence-corrected chi connectivity index (χ0v) is 20.9. The predicted molar refractivity (Wildman–Crippen MR) is 134 cm³/mol. The number of carbonyl (C=O) groups is 3. The van der Waals surface area contributed by atoms with E-state index in [2.05, 4.69) is 0 Å². The van der Waals surface area contributed by atoms with Crippen LogP contribution in [-0.2, 0) is 16.0 Å². The summed E-state index contributed by atoms with van der Waals surface area (Å²) in [5.41, 5.74) is 8.85. The third kappa shape index (κ3) is 4.08. The van der Waals surface area contributed by atoms with Gasteiger partial charge in [-0.05, 0) is 68.0 Å². The molecule has 2 aromatic rings. The molecular formula is C28H33N3O5. The number of piperidine rings is 1. The maximum absolute atomic E-state index is 14.2. The Morgan fingerprint density at radius 1 is 0.972 bits per heavy atom. The SMILES string of the molecule is CCOc1cc2c(cc1OCC)[C@H]1[C@H](C(=O)N3CCC(C(N)=O)CC3)c3ccccc3C(=O)N1CC2. The summed E-state index contributed by atoms with van der Waals surface area (Å²) in [7, 11) is 0. The van der Waals surface area contributed by atoms with Gasteiger partial charge in [0, 0.05) is 31.1 Å². The predicted octanol–water partition coefficient (Wildman–Crippen LogP) is 3.04. The second-order valence-corrected chi connectivity index (χ2v) is 9.62. The van der Waals surface area contributed by atoms with E-state index in [1.165, 1.54) is 0 Å². The first-order valence-corrected chi connectivity index (χ1v) is 12.8. The van der Waals surface area contributed by atoms with Crippen molar-refractivity contribution in [2.45, 2.75) is 45.1 Å². The lowest BCUT2D eigenvalue weighted by atomic mass is 9.75. The highest BCUT2D eigenvalue weighted by atomic mass is 16.5. The van der Waals surface area contributed by atoms with Crippen LogP contribution in [0.2, 0.25) is 0 Å². The fourth-order valence-corrected chi connectivity index (χ4v) is 5.92. The number of rotatable bonds is 6. The standard InChI is InChI=1S/C28H33N3O5/c1-3-35-22-15-18-11-14-31-25(21(18)16-23(22)36-4-2)24(19-7-5-6-8-20(19)27(31)33)28(34)30-12-9-17(10-13-30)26(29)32/h5-8,15-17,24-25H,3-4,9-14H2,1-2H3,(H2,29,32)/t24-,25+/m1/s1. The molecule has 3 heterocycles. The topological polar surface area (TPSA) is 102 Å². The lowest BCUT2D eigenvalue weighted by molar-refractivity contribution is -0.138. The Morgan fingerprint density at radius 2 is 1.64 bits per heavy atom. The normalized spacial score (nSPS) is 21.3. The molecular weight excluding hydrogens is 458 g/mol. The van der Waals surface area contributed by atoms with E-state index in [4.69, 9.17) is 15.2 Å². The molecule has 1 fully saturated rings. The summed E-state index contributed by atoms with van der Waals surface area (Å²) < 4.78 is 11.8. The molecule has 3 aliphatic rings. The van der Waals surface area contributed by atoms with E-state index in [1.54, 1.807) is 0 Å². The molecule has 3 amide bonds. The van der Waals surface area contributed by atoms with Crippen LogP contribution >= 0.6 is 0 Å². The molecule has 8 heteroatoms. The number of amides is 3. The van der Waals surface area contributed by atoms with Crippen LogP contribution in [0.3, 0.4) is 0 Å². The maximum Gasteiger partial charge on any atom is 0.254 e. The molecule has 190 valence electrons. The number of hydrogen-bond donors (Lipinski definition) is 1. The minimum absolute atomic E-state index is 0.0208. The van der Waals surface area contributed by atoms with Gasteiger partial charge in [0.2, 0.25) is 11.8 Å². The van der Waals surface area contributed by atoms with Gasteiger partial charge in [-0.2, -0.15) is 0 Å². The molecule has 0 bridgehead atoms. The van der Waals surface area contributed by atoms with Crippen LogP contribution in [-0.4, -0.2) is 60.4 Å². The highest BCUT2D eigenvalue weighted by Gasteiger charge is 2.48. The number of likely N-dealkylation sites (tertiary alicyclic amines) is 1. The van der Waals surface area contributed by atoms with Crippen molar-refractivity contribution in [2.24, 2.45) is 11.7 Å². The molecule has 3 aliphatic heterocycles.